The molecule has 5 nitrogen and oxygen atoms in total. The Morgan fingerprint density at radius 1 is 1.08 bits per heavy atom. The molecule has 0 N–H and O–H groups in total. The number of carbonyl (C=O) groups excluding carboxylic acids is 1. The molecule has 25 heavy (non-hydrogen) atoms. The van der Waals surface area contributed by atoms with E-state index in [1.54, 1.807) is 11.1 Å². The van der Waals surface area contributed by atoms with Gasteiger partial charge in [0.2, 0.25) is 0 Å². The lowest BCUT2D eigenvalue weighted by Crippen LogP contribution is -2.44. The summed E-state index contributed by atoms with van der Waals surface area (Å²) < 4.78 is 0. The van der Waals surface area contributed by atoms with Gasteiger partial charge in [-0.15, -0.1) is 0 Å². The van der Waals surface area contributed by atoms with Crippen LogP contribution in [-0.4, -0.2) is 55.0 Å². The maximum Gasteiger partial charge on any atom is 0.266 e. The molecule has 1 aromatic carbocycles. The number of piperidine rings is 1. The average Bonchev–Trinajstić information content (AvgIpc) is 2.67. The minimum atomic E-state index is -0.125. The second kappa shape index (κ2) is 8.26. The van der Waals surface area contributed by atoms with E-state index in [9.17, 15) is 10.1 Å². The Balaban J connectivity index is 1.60. The molecule has 1 aromatic rings. The SMILES string of the molecule is N#C/C(=C/N1CCN(c2cccc(Cl)c2)CC1)C(=O)N1CCCCC1. The van der Waals surface area contributed by atoms with Crippen LogP contribution < -0.4 is 4.90 Å². The molecule has 2 saturated heterocycles. The molecule has 0 aliphatic carbocycles. The number of halogens is 1. The smallest absolute Gasteiger partial charge is 0.266 e. The summed E-state index contributed by atoms with van der Waals surface area (Å²) >= 11 is 6.06. The second-order valence-electron chi connectivity index (χ2n) is 6.51. The minimum Gasteiger partial charge on any atom is -0.373 e. The van der Waals surface area contributed by atoms with Gasteiger partial charge in [-0.3, -0.25) is 4.79 Å². The monoisotopic (exact) mass is 358 g/mol. The van der Waals surface area contributed by atoms with Gasteiger partial charge in [-0.05, 0) is 37.5 Å². The zero-order valence-electron chi connectivity index (χ0n) is 14.3. The summed E-state index contributed by atoms with van der Waals surface area (Å²) in [6.07, 6.45) is 4.97. The number of likely N-dealkylation sites (tertiary alicyclic amines) is 1. The number of hydrogen-bond acceptors (Lipinski definition) is 4. The first-order valence-electron chi connectivity index (χ1n) is 8.83. The van der Waals surface area contributed by atoms with Crippen molar-refractivity contribution in [2.45, 2.75) is 19.3 Å². The molecule has 1 amide bonds. The van der Waals surface area contributed by atoms with E-state index in [0.717, 1.165) is 62.8 Å². The van der Waals surface area contributed by atoms with Crippen LogP contribution in [0.5, 0.6) is 0 Å². The topological polar surface area (TPSA) is 50.6 Å². The summed E-state index contributed by atoms with van der Waals surface area (Å²) in [5.41, 5.74) is 1.36. The van der Waals surface area contributed by atoms with E-state index in [-0.39, 0.29) is 11.5 Å². The van der Waals surface area contributed by atoms with Gasteiger partial charge in [0.25, 0.3) is 5.91 Å². The first kappa shape index (κ1) is 17.6. The standard InChI is InChI=1S/C19H23ClN4O/c20-17-5-4-6-18(13-17)23-11-9-22(10-12-23)15-16(14-21)19(25)24-7-2-1-3-8-24/h4-6,13,15H,1-3,7-12H2/b16-15-. The molecule has 2 aliphatic heterocycles. The van der Waals surface area contributed by atoms with Gasteiger partial charge in [0, 0.05) is 56.2 Å². The highest BCUT2D eigenvalue weighted by molar-refractivity contribution is 6.30. The number of benzene rings is 1. The Morgan fingerprint density at radius 3 is 2.44 bits per heavy atom. The Hall–Kier alpha value is -2.19. The maximum absolute atomic E-state index is 12.5. The van der Waals surface area contributed by atoms with E-state index in [1.807, 2.05) is 18.2 Å². The molecule has 0 aromatic heterocycles. The number of anilines is 1. The van der Waals surface area contributed by atoms with Crippen LogP contribution in [0.1, 0.15) is 19.3 Å². The Bertz CT molecular complexity index is 683. The normalized spacial score (nSPS) is 18.9. The summed E-state index contributed by atoms with van der Waals surface area (Å²) in [6, 6.07) is 9.94. The quantitative estimate of drug-likeness (QED) is 0.616. The van der Waals surface area contributed by atoms with Crippen molar-refractivity contribution in [3.05, 3.63) is 41.1 Å². The summed E-state index contributed by atoms with van der Waals surface area (Å²) in [4.78, 5) is 18.7. The predicted molar refractivity (Wildman–Crippen MR) is 99.4 cm³/mol. The van der Waals surface area contributed by atoms with E-state index in [2.05, 4.69) is 21.9 Å². The van der Waals surface area contributed by atoms with Crippen LogP contribution in [-0.2, 0) is 4.79 Å². The largest absolute Gasteiger partial charge is 0.373 e. The highest BCUT2D eigenvalue weighted by Gasteiger charge is 2.22. The molecular weight excluding hydrogens is 336 g/mol. The zero-order chi connectivity index (χ0) is 17.6. The van der Waals surface area contributed by atoms with E-state index < -0.39 is 0 Å². The number of piperazine rings is 1. The van der Waals surface area contributed by atoms with Crippen molar-refractivity contribution < 1.29 is 4.79 Å². The molecule has 2 aliphatic rings. The third kappa shape index (κ3) is 4.46. The molecule has 2 fully saturated rings. The van der Waals surface area contributed by atoms with Crippen molar-refractivity contribution in [1.82, 2.24) is 9.80 Å². The van der Waals surface area contributed by atoms with Gasteiger partial charge in [-0.25, -0.2) is 0 Å². The number of nitrogens with zero attached hydrogens (tertiary/aromatic N) is 4. The van der Waals surface area contributed by atoms with Crippen LogP contribution in [0.4, 0.5) is 5.69 Å². The van der Waals surface area contributed by atoms with Crippen molar-refractivity contribution in [1.29, 1.82) is 5.26 Å². The van der Waals surface area contributed by atoms with Gasteiger partial charge >= 0.3 is 0 Å². The van der Waals surface area contributed by atoms with E-state index in [1.165, 1.54) is 6.42 Å². The van der Waals surface area contributed by atoms with Gasteiger partial charge < -0.3 is 14.7 Å². The molecule has 0 radical (unpaired) electrons. The van der Waals surface area contributed by atoms with Crippen molar-refractivity contribution in [2.24, 2.45) is 0 Å². The molecule has 6 heteroatoms. The first-order valence-corrected chi connectivity index (χ1v) is 9.21. The van der Waals surface area contributed by atoms with E-state index >= 15 is 0 Å². The average molecular weight is 359 g/mol. The molecule has 0 spiro atoms. The molecule has 0 saturated carbocycles. The summed E-state index contributed by atoms with van der Waals surface area (Å²) in [5, 5.41) is 10.1. The molecule has 3 rings (SSSR count). The lowest BCUT2D eigenvalue weighted by atomic mass is 10.1. The summed E-state index contributed by atoms with van der Waals surface area (Å²) in [5.74, 6) is -0.125. The van der Waals surface area contributed by atoms with Crippen molar-refractivity contribution in [3.8, 4) is 6.07 Å². The fourth-order valence-corrected chi connectivity index (χ4v) is 3.55. The Morgan fingerprint density at radius 2 is 1.80 bits per heavy atom. The zero-order valence-corrected chi connectivity index (χ0v) is 15.1. The number of amides is 1. The van der Waals surface area contributed by atoms with Gasteiger partial charge in [0.1, 0.15) is 11.6 Å². The lowest BCUT2D eigenvalue weighted by molar-refractivity contribution is -0.127. The fraction of sp³-hybridized carbons (Fsp3) is 0.474. The third-order valence-corrected chi connectivity index (χ3v) is 5.03. The molecular formula is C19H23ClN4O. The summed E-state index contributed by atoms with van der Waals surface area (Å²) in [7, 11) is 0. The van der Waals surface area contributed by atoms with Gasteiger partial charge in [0.15, 0.2) is 0 Å². The maximum atomic E-state index is 12.5. The van der Waals surface area contributed by atoms with Crippen molar-refractivity contribution >= 4 is 23.2 Å². The van der Waals surface area contributed by atoms with Gasteiger partial charge in [0.05, 0.1) is 0 Å². The van der Waals surface area contributed by atoms with Crippen LogP contribution in [0.25, 0.3) is 0 Å². The number of rotatable bonds is 3. The van der Waals surface area contributed by atoms with E-state index in [4.69, 9.17) is 11.6 Å². The highest BCUT2D eigenvalue weighted by Crippen LogP contribution is 2.21. The van der Waals surface area contributed by atoms with E-state index in [0.29, 0.717) is 0 Å². The number of nitriles is 1. The van der Waals surface area contributed by atoms with Crippen LogP contribution >= 0.6 is 11.6 Å². The number of carbonyl (C=O) groups is 1. The number of hydrogen-bond donors (Lipinski definition) is 0. The molecule has 2 heterocycles. The highest BCUT2D eigenvalue weighted by atomic mass is 35.5. The van der Waals surface area contributed by atoms with Crippen molar-refractivity contribution in [3.63, 3.8) is 0 Å². The fourth-order valence-electron chi connectivity index (χ4n) is 3.36. The van der Waals surface area contributed by atoms with Gasteiger partial charge in [-0.1, -0.05) is 17.7 Å². The molecule has 0 atom stereocenters. The predicted octanol–water partition coefficient (Wildman–Crippen LogP) is 2.88. The van der Waals surface area contributed by atoms with Crippen LogP contribution in [0, 0.1) is 11.3 Å². The summed E-state index contributed by atoms with van der Waals surface area (Å²) in [6.45, 7) is 4.78. The Kier molecular flexibility index (Phi) is 5.83. The van der Waals surface area contributed by atoms with Gasteiger partial charge in [-0.2, -0.15) is 5.26 Å². The molecule has 0 unspecified atom stereocenters. The first-order chi connectivity index (χ1) is 12.2. The second-order valence-corrected chi connectivity index (χ2v) is 6.95. The molecule has 132 valence electrons. The van der Waals surface area contributed by atoms with Crippen LogP contribution in [0.3, 0.4) is 0 Å². The lowest BCUT2D eigenvalue weighted by Gasteiger charge is -2.36. The van der Waals surface area contributed by atoms with Crippen LogP contribution in [0.15, 0.2) is 36.0 Å². The van der Waals surface area contributed by atoms with Crippen LogP contribution in [0.2, 0.25) is 5.02 Å². The third-order valence-electron chi connectivity index (χ3n) is 4.79. The Labute approximate surface area is 154 Å². The van der Waals surface area contributed by atoms with Crippen molar-refractivity contribution in [2.75, 3.05) is 44.2 Å². The minimum absolute atomic E-state index is 0.125. The molecule has 0 bridgehead atoms.